The van der Waals surface area contributed by atoms with Crippen LogP contribution in [-0.2, 0) is 10.0 Å². The topological polar surface area (TPSA) is 52.7 Å². The molecule has 1 aliphatic heterocycles. The van der Waals surface area contributed by atoms with Crippen molar-refractivity contribution in [1.82, 2.24) is 9.62 Å². The molecule has 152 valence electrons. The van der Waals surface area contributed by atoms with Crippen molar-refractivity contribution in [1.29, 1.82) is 0 Å². The van der Waals surface area contributed by atoms with Crippen molar-refractivity contribution in [3.05, 3.63) is 59.2 Å². The van der Waals surface area contributed by atoms with Gasteiger partial charge in [0, 0.05) is 32.4 Å². The molecule has 0 amide bonds. The van der Waals surface area contributed by atoms with Gasteiger partial charge in [0.1, 0.15) is 0 Å². The Morgan fingerprint density at radius 1 is 1.04 bits per heavy atom. The molecule has 1 N–H and O–H groups in total. The molecule has 28 heavy (non-hydrogen) atoms. The predicted molar refractivity (Wildman–Crippen MR) is 115 cm³/mol. The van der Waals surface area contributed by atoms with Gasteiger partial charge in [0.05, 0.1) is 4.90 Å². The fourth-order valence-electron chi connectivity index (χ4n) is 3.77. The Morgan fingerprint density at radius 3 is 2.29 bits per heavy atom. The van der Waals surface area contributed by atoms with Gasteiger partial charge < -0.3 is 4.90 Å². The first-order chi connectivity index (χ1) is 13.3. The van der Waals surface area contributed by atoms with E-state index in [0.717, 1.165) is 48.3 Å². The second-order valence-corrected chi connectivity index (χ2v) is 9.60. The van der Waals surface area contributed by atoms with E-state index in [1.165, 1.54) is 0 Å². The molecular formula is C22H31N3O2S. The van der Waals surface area contributed by atoms with Gasteiger partial charge in [-0.2, -0.15) is 0 Å². The summed E-state index contributed by atoms with van der Waals surface area (Å²) in [5, 5.41) is 0. The lowest BCUT2D eigenvalue weighted by Gasteiger charge is -2.28. The maximum absolute atomic E-state index is 13.0. The summed E-state index contributed by atoms with van der Waals surface area (Å²) in [6.45, 7) is 6.14. The first-order valence-corrected chi connectivity index (χ1v) is 11.3. The van der Waals surface area contributed by atoms with E-state index in [1.807, 2.05) is 40.1 Å². The number of nitrogens with zero attached hydrogens (tertiary/aromatic N) is 2. The van der Waals surface area contributed by atoms with Crippen LogP contribution in [0, 0.1) is 13.8 Å². The molecule has 3 rings (SSSR count). The zero-order valence-corrected chi connectivity index (χ0v) is 18.1. The van der Waals surface area contributed by atoms with Crippen molar-refractivity contribution in [2.45, 2.75) is 37.6 Å². The Labute approximate surface area is 169 Å². The number of sulfonamides is 1. The highest BCUT2D eigenvalue weighted by Crippen LogP contribution is 2.27. The predicted octanol–water partition coefficient (Wildman–Crippen LogP) is 3.48. The molecular weight excluding hydrogens is 370 g/mol. The Morgan fingerprint density at radius 2 is 1.68 bits per heavy atom. The van der Waals surface area contributed by atoms with Gasteiger partial charge >= 0.3 is 0 Å². The van der Waals surface area contributed by atoms with E-state index in [2.05, 4.69) is 38.8 Å². The first kappa shape index (κ1) is 20.8. The Bertz CT molecular complexity index is 902. The van der Waals surface area contributed by atoms with Gasteiger partial charge in [0.2, 0.25) is 10.0 Å². The molecule has 2 aromatic carbocycles. The van der Waals surface area contributed by atoms with Crippen LogP contribution in [0.15, 0.2) is 47.4 Å². The van der Waals surface area contributed by atoms with Crippen molar-refractivity contribution in [3.8, 4) is 0 Å². The average Bonchev–Trinajstić information content (AvgIpc) is 3.18. The smallest absolute Gasteiger partial charge is 0.240 e. The molecule has 0 bridgehead atoms. The van der Waals surface area contributed by atoms with E-state index in [1.54, 1.807) is 6.07 Å². The van der Waals surface area contributed by atoms with Crippen LogP contribution in [0.4, 0.5) is 5.69 Å². The van der Waals surface area contributed by atoms with Gasteiger partial charge in [0.15, 0.2) is 0 Å². The van der Waals surface area contributed by atoms with Gasteiger partial charge in [-0.3, -0.25) is 4.90 Å². The summed E-state index contributed by atoms with van der Waals surface area (Å²) in [6.07, 6.45) is 2.33. The van der Waals surface area contributed by atoms with Crippen LogP contribution in [0.3, 0.4) is 0 Å². The minimum atomic E-state index is -3.55. The number of anilines is 1. The molecule has 1 fully saturated rings. The van der Waals surface area contributed by atoms with Crippen molar-refractivity contribution in [3.63, 3.8) is 0 Å². The van der Waals surface area contributed by atoms with Crippen LogP contribution >= 0.6 is 0 Å². The molecule has 0 spiro atoms. The van der Waals surface area contributed by atoms with Crippen molar-refractivity contribution in [2.24, 2.45) is 0 Å². The van der Waals surface area contributed by atoms with Crippen LogP contribution < -0.4 is 9.62 Å². The summed E-state index contributed by atoms with van der Waals surface area (Å²) >= 11 is 0. The minimum absolute atomic E-state index is 0.0404. The standard InChI is InChI=1S/C22H31N3O2S/c1-17-7-8-18(2)22(15-17)28(26,27)23-16-21(25-13-5-6-14-25)19-9-11-20(12-10-19)24(3)4/h7-12,15,21,23H,5-6,13-14,16H2,1-4H3/t21-/m1/s1. The van der Waals surface area contributed by atoms with E-state index in [-0.39, 0.29) is 6.04 Å². The molecule has 2 aromatic rings. The number of aryl methyl sites for hydroxylation is 2. The van der Waals surface area contributed by atoms with E-state index in [9.17, 15) is 8.42 Å². The molecule has 0 aliphatic carbocycles. The largest absolute Gasteiger partial charge is 0.378 e. The van der Waals surface area contributed by atoms with Gasteiger partial charge in [-0.05, 0) is 74.7 Å². The normalized spacial score (nSPS) is 16.3. The van der Waals surface area contributed by atoms with Gasteiger partial charge in [-0.25, -0.2) is 13.1 Å². The monoisotopic (exact) mass is 401 g/mol. The Hall–Kier alpha value is -1.89. The third-order valence-corrected chi connectivity index (χ3v) is 7.04. The molecule has 1 heterocycles. The van der Waals surface area contributed by atoms with E-state index in [4.69, 9.17) is 0 Å². The minimum Gasteiger partial charge on any atom is -0.378 e. The summed E-state index contributed by atoms with van der Waals surface area (Å²) in [7, 11) is 0.486. The van der Waals surface area contributed by atoms with Crippen molar-refractivity contribution in [2.75, 3.05) is 38.6 Å². The average molecular weight is 402 g/mol. The number of hydrogen-bond donors (Lipinski definition) is 1. The maximum atomic E-state index is 13.0. The lowest BCUT2D eigenvalue weighted by molar-refractivity contribution is 0.246. The molecule has 1 atom stereocenters. The highest BCUT2D eigenvalue weighted by Gasteiger charge is 2.26. The fourth-order valence-corrected chi connectivity index (χ4v) is 5.13. The second kappa shape index (κ2) is 8.64. The van der Waals surface area contributed by atoms with Crippen LogP contribution in [0.5, 0.6) is 0 Å². The molecule has 5 nitrogen and oxygen atoms in total. The van der Waals surface area contributed by atoms with Gasteiger partial charge in [-0.15, -0.1) is 0 Å². The summed E-state index contributed by atoms with van der Waals surface area (Å²) in [5.41, 5.74) is 4.00. The third kappa shape index (κ3) is 4.74. The van der Waals surface area contributed by atoms with E-state index >= 15 is 0 Å². The van der Waals surface area contributed by atoms with Crippen LogP contribution in [-0.4, -0.2) is 47.0 Å². The van der Waals surface area contributed by atoms with Crippen molar-refractivity contribution >= 4 is 15.7 Å². The molecule has 0 unspecified atom stereocenters. The summed E-state index contributed by atoms with van der Waals surface area (Å²) < 4.78 is 28.8. The molecule has 0 saturated carbocycles. The maximum Gasteiger partial charge on any atom is 0.240 e. The molecule has 1 aliphatic rings. The van der Waals surface area contributed by atoms with Gasteiger partial charge in [0.25, 0.3) is 0 Å². The Kier molecular flexibility index (Phi) is 6.43. The Balaban J connectivity index is 1.82. The number of hydrogen-bond acceptors (Lipinski definition) is 4. The fraction of sp³-hybridized carbons (Fsp3) is 0.455. The van der Waals surface area contributed by atoms with Crippen LogP contribution in [0.2, 0.25) is 0 Å². The second-order valence-electron chi connectivity index (χ2n) is 7.87. The lowest BCUT2D eigenvalue weighted by atomic mass is 10.1. The van der Waals surface area contributed by atoms with Crippen molar-refractivity contribution < 1.29 is 8.42 Å². The number of benzene rings is 2. The van der Waals surface area contributed by atoms with Crippen LogP contribution in [0.1, 0.15) is 35.6 Å². The molecule has 0 radical (unpaired) electrons. The highest BCUT2D eigenvalue weighted by atomic mass is 32.2. The summed E-state index contributed by atoms with van der Waals surface area (Å²) in [4.78, 5) is 4.82. The molecule has 0 aromatic heterocycles. The highest BCUT2D eigenvalue weighted by molar-refractivity contribution is 7.89. The summed E-state index contributed by atoms with van der Waals surface area (Å²) in [6, 6.07) is 14.0. The van der Waals surface area contributed by atoms with E-state index in [0.29, 0.717) is 11.4 Å². The lowest BCUT2D eigenvalue weighted by Crippen LogP contribution is -2.37. The van der Waals surface area contributed by atoms with Crippen LogP contribution in [0.25, 0.3) is 0 Å². The SMILES string of the molecule is Cc1ccc(C)c(S(=O)(=O)NC[C@H](c2ccc(N(C)C)cc2)N2CCCC2)c1. The first-order valence-electron chi connectivity index (χ1n) is 9.86. The molecule has 6 heteroatoms. The number of rotatable bonds is 7. The van der Waals surface area contributed by atoms with Gasteiger partial charge in [-0.1, -0.05) is 24.3 Å². The zero-order chi connectivity index (χ0) is 20.3. The third-order valence-electron chi connectivity index (χ3n) is 5.48. The van der Waals surface area contributed by atoms with E-state index < -0.39 is 10.0 Å². The zero-order valence-electron chi connectivity index (χ0n) is 17.3. The summed E-state index contributed by atoms with van der Waals surface area (Å²) in [5.74, 6) is 0. The number of likely N-dealkylation sites (tertiary alicyclic amines) is 1. The quantitative estimate of drug-likeness (QED) is 0.772. The number of nitrogens with one attached hydrogen (secondary N) is 1. The molecule has 1 saturated heterocycles.